The zero-order valence-electron chi connectivity index (χ0n) is 23.9. The van der Waals surface area contributed by atoms with Crippen molar-refractivity contribution < 1.29 is 32.0 Å². The van der Waals surface area contributed by atoms with E-state index < -0.39 is 40.5 Å². The third-order valence-corrected chi connectivity index (χ3v) is 8.30. The van der Waals surface area contributed by atoms with Gasteiger partial charge in [0.25, 0.3) is 5.91 Å². The smallest absolute Gasteiger partial charge is 0.416 e. The van der Waals surface area contributed by atoms with Crippen LogP contribution in [0.15, 0.2) is 41.3 Å². The van der Waals surface area contributed by atoms with Gasteiger partial charge in [0.05, 0.1) is 5.56 Å². The molecule has 2 atom stereocenters. The van der Waals surface area contributed by atoms with Crippen molar-refractivity contribution in [3.05, 3.63) is 63.7 Å². The van der Waals surface area contributed by atoms with Gasteiger partial charge in [-0.05, 0) is 93.6 Å². The molecule has 1 N–H and O–H groups in total. The van der Waals surface area contributed by atoms with Crippen LogP contribution in [0.5, 0.6) is 0 Å². The maximum absolute atomic E-state index is 14.1. The Balaban J connectivity index is 1.67. The van der Waals surface area contributed by atoms with E-state index >= 15 is 0 Å². The Morgan fingerprint density at radius 1 is 1.17 bits per heavy atom. The van der Waals surface area contributed by atoms with E-state index in [9.17, 15) is 27.3 Å². The first-order valence-electron chi connectivity index (χ1n) is 13.4. The average molecular weight is 616 g/mol. The number of carbonyl (C=O) groups excluding carboxylic acids is 2. The summed E-state index contributed by atoms with van der Waals surface area (Å²) >= 11 is 4.77. The standard InChI is InChI=1S/C29H37ClF3N3O4S/c1-6-41(39)25-10-9-23(30)13-22(25)15-34-26(37)20-7-8-21(24(14-20)29(31,32)33)18-36-12-11-19(17-36)16-35(5)27(38)40-28(2,3)4/h7-10,13-14,19H,6,11-12,15-18H2,1-5H3,(H,34,37). The lowest BCUT2D eigenvalue weighted by Gasteiger charge is -2.26. The van der Waals surface area contributed by atoms with E-state index in [4.69, 9.17) is 16.3 Å². The van der Waals surface area contributed by atoms with Crippen LogP contribution in [0.4, 0.5) is 18.0 Å². The first-order chi connectivity index (χ1) is 19.1. The van der Waals surface area contributed by atoms with Gasteiger partial charge in [0.1, 0.15) is 11.4 Å². The second-order valence-electron chi connectivity index (χ2n) is 11.2. The highest BCUT2D eigenvalue weighted by molar-refractivity contribution is 7.91. The summed E-state index contributed by atoms with van der Waals surface area (Å²) in [5.74, 6) is -0.205. The molecule has 1 aliphatic rings. The molecule has 1 heterocycles. The van der Waals surface area contributed by atoms with Crippen molar-refractivity contribution >= 4 is 34.8 Å². The Morgan fingerprint density at radius 3 is 2.51 bits per heavy atom. The third kappa shape index (κ3) is 9.52. The van der Waals surface area contributed by atoms with Crippen LogP contribution in [-0.4, -0.2) is 64.4 Å². The predicted octanol–water partition coefficient (Wildman–Crippen LogP) is 6.11. The molecule has 0 aromatic heterocycles. The highest BCUT2D eigenvalue weighted by atomic mass is 35.5. The molecule has 41 heavy (non-hydrogen) atoms. The summed E-state index contributed by atoms with van der Waals surface area (Å²) in [6, 6.07) is 8.41. The zero-order chi connectivity index (χ0) is 30.5. The highest BCUT2D eigenvalue weighted by Gasteiger charge is 2.35. The van der Waals surface area contributed by atoms with Gasteiger partial charge in [-0.25, -0.2) is 4.79 Å². The van der Waals surface area contributed by atoms with Gasteiger partial charge in [0.15, 0.2) is 4.90 Å². The first kappa shape index (κ1) is 33.0. The van der Waals surface area contributed by atoms with Crippen LogP contribution in [0.3, 0.4) is 0 Å². The molecule has 0 radical (unpaired) electrons. The Morgan fingerprint density at radius 2 is 1.88 bits per heavy atom. The monoisotopic (exact) mass is 615 g/mol. The van der Waals surface area contributed by atoms with Crippen molar-refractivity contribution in [1.29, 1.82) is 0 Å². The normalized spacial score (nSPS) is 16.9. The van der Waals surface area contributed by atoms with Crippen molar-refractivity contribution in [2.24, 2.45) is 5.92 Å². The number of nitrogens with zero attached hydrogens (tertiary/aromatic N) is 2. The Kier molecular flexibility index (Phi) is 11.0. The second-order valence-corrected chi connectivity index (χ2v) is 13.3. The number of likely N-dealkylation sites (tertiary alicyclic amines) is 1. The van der Waals surface area contributed by atoms with Crippen LogP contribution in [-0.2, 0) is 35.2 Å². The van der Waals surface area contributed by atoms with E-state index in [1.54, 1.807) is 52.9 Å². The van der Waals surface area contributed by atoms with Gasteiger partial charge in [-0.15, -0.1) is 0 Å². The third-order valence-electron chi connectivity index (χ3n) is 6.65. The van der Waals surface area contributed by atoms with Crippen molar-refractivity contribution in [3.63, 3.8) is 0 Å². The van der Waals surface area contributed by atoms with Crippen LogP contribution in [0.25, 0.3) is 0 Å². The molecule has 3 rings (SSSR count). The number of hydrogen-bond acceptors (Lipinski definition) is 5. The summed E-state index contributed by atoms with van der Waals surface area (Å²) in [6.07, 6.45) is -4.35. The minimum atomic E-state index is -4.65. The van der Waals surface area contributed by atoms with Crippen molar-refractivity contribution in [2.75, 3.05) is 32.4 Å². The molecule has 2 unspecified atom stereocenters. The number of ether oxygens (including phenoxy) is 1. The second kappa shape index (κ2) is 13.7. The fourth-order valence-corrected chi connectivity index (χ4v) is 5.86. The van der Waals surface area contributed by atoms with Crippen LogP contribution in [0, 0.1) is 5.92 Å². The van der Waals surface area contributed by atoms with E-state index in [1.165, 1.54) is 17.0 Å². The summed E-state index contributed by atoms with van der Waals surface area (Å²) in [7, 11) is 1.65. The topological polar surface area (TPSA) is 84.9 Å². The van der Waals surface area contributed by atoms with Crippen LogP contribution in [0.1, 0.15) is 61.2 Å². The van der Waals surface area contributed by atoms with Gasteiger partial charge in [-0.1, -0.05) is 17.7 Å². The Labute approximate surface area is 247 Å². The van der Waals surface area contributed by atoms with E-state index in [-0.39, 0.29) is 30.1 Å². The number of nitrogens with one attached hydrogen (secondary N) is 1. The van der Waals surface area contributed by atoms with E-state index in [1.807, 2.05) is 4.90 Å². The average Bonchev–Trinajstić information content (AvgIpc) is 3.31. The minimum Gasteiger partial charge on any atom is -0.611 e. The number of amides is 2. The number of carbonyl (C=O) groups is 2. The lowest BCUT2D eigenvalue weighted by Crippen LogP contribution is -2.37. The SMILES string of the molecule is CC[S+]([O-])c1ccc(Cl)cc1CNC(=O)c1ccc(CN2CCC(CN(C)C(=O)OC(C)(C)C)C2)c(C(F)(F)F)c1. The molecule has 0 bridgehead atoms. The summed E-state index contributed by atoms with van der Waals surface area (Å²) in [4.78, 5) is 29.1. The zero-order valence-corrected chi connectivity index (χ0v) is 25.5. The summed E-state index contributed by atoms with van der Waals surface area (Å²) in [6.45, 7) is 8.73. The van der Waals surface area contributed by atoms with Gasteiger partial charge < -0.3 is 19.5 Å². The van der Waals surface area contributed by atoms with E-state index in [0.717, 1.165) is 12.5 Å². The van der Waals surface area contributed by atoms with Gasteiger partial charge in [-0.2, -0.15) is 13.2 Å². The van der Waals surface area contributed by atoms with E-state index in [2.05, 4.69) is 5.32 Å². The van der Waals surface area contributed by atoms with E-state index in [0.29, 0.717) is 40.9 Å². The maximum Gasteiger partial charge on any atom is 0.416 e. The van der Waals surface area contributed by atoms with Crippen molar-refractivity contribution in [3.8, 4) is 0 Å². The summed E-state index contributed by atoms with van der Waals surface area (Å²) in [5.41, 5.74) is -0.989. The maximum atomic E-state index is 14.1. The number of alkyl halides is 3. The molecule has 1 aliphatic heterocycles. The molecule has 0 spiro atoms. The van der Waals surface area contributed by atoms with Crippen LogP contribution >= 0.6 is 11.6 Å². The van der Waals surface area contributed by atoms with Crippen molar-refractivity contribution in [1.82, 2.24) is 15.1 Å². The van der Waals surface area contributed by atoms with Crippen LogP contribution < -0.4 is 5.32 Å². The van der Waals surface area contributed by atoms with Gasteiger partial charge in [0, 0.05) is 49.4 Å². The van der Waals surface area contributed by atoms with Crippen molar-refractivity contribution in [2.45, 2.75) is 63.9 Å². The molecular weight excluding hydrogens is 579 g/mol. The lowest BCUT2D eigenvalue weighted by atomic mass is 10.0. The fraction of sp³-hybridized carbons (Fsp3) is 0.517. The Hall–Kier alpha value is -2.47. The molecule has 226 valence electrons. The lowest BCUT2D eigenvalue weighted by molar-refractivity contribution is -0.138. The molecule has 2 aromatic carbocycles. The number of halogens is 4. The molecule has 12 heteroatoms. The number of rotatable bonds is 9. The molecule has 2 amide bonds. The Bertz CT molecular complexity index is 1240. The van der Waals surface area contributed by atoms with Crippen LogP contribution in [0.2, 0.25) is 5.02 Å². The molecule has 0 saturated carbocycles. The molecule has 7 nitrogen and oxygen atoms in total. The fourth-order valence-electron chi connectivity index (χ4n) is 4.71. The number of benzene rings is 2. The molecule has 0 aliphatic carbocycles. The minimum absolute atomic E-state index is 0.0313. The summed E-state index contributed by atoms with van der Waals surface area (Å²) in [5, 5.41) is 3.03. The molecular formula is C29H37ClF3N3O4S. The molecule has 1 fully saturated rings. The summed E-state index contributed by atoms with van der Waals surface area (Å²) < 4.78 is 59.9. The van der Waals surface area contributed by atoms with Gasteiger partial charge in [-0.3, -0.25) is 9.69 Å². The molecule has 1 saturated heterocycles. The quantitative estimate of drug-likeness (QED) is 0.344. The van der Waals surface area contributed by atoms with Gasteiger partial charge >= 0.3 is 12.3 Å². The number of hydrogen-bond donors (Lipinski definition) is 1. The van der Waals surface area contributed by atoms with Gasteiger partial charge in [0.2, 0.25) is 0 Å². The predicted molar refractivity (Wildman–Crippen MR) is 153 cm³/mol. The largest absolute Gasteiger partial charge is 0.611 e. The first-order valence-corrected chi connectivity index (χ1v) is 15.1. The molecule has 2 aromatic rings. The highest BCUT2D eigenvalue weighted by Crippen LogP contribution is 2.34.